The van der Waals surface area contributed by atoms with E-state index in [1.165, 1.54) is 23.8 Å². The quantitative estimate of drug-likeness (QED) is 0.424. The summed E-state index contributed by atoms with van der Waals surface area (Å²) in [5.74, 6) is -1.90. The second kappa shape index (κ2) is 9.35. The maximum Gasteiger partial charge on any atom is 0.329 e. The molecular formula is C26H25FN4O3. The summed E-state index contributed by atoms with van der Waals surface area (Å²) in [6.45, 7) is 5.48. The number of urea groups is 1. The van der Waals surface area contributed by atoms with Gasteiger partial charge < -0.3 is 15.2 Å². The molecule has 3 aromatic rings. The van der Waals surface area contributed by atoms with Gasteiger partial charge in [-0.1, -0.05) is 31.2 Å². The highest BCUT2D eigenvalue weighted by Gasteiger charge is 2.35. The van der Waals surface area contributed by atoms with E-state index in [-0.39, 0.29) is 11.4 Å². The third kappa shape index (κ3) is 4.47. The number of carbonyl (C=O) groups excluding carboxylic acids is 3. The molecule has 0 saturated carbocycles. The van der Waals surface area contributed by atoms with Crippen molar-refractivity contribution < 1.29 is 18.8 Å². The number of nitrogens with one attached hydrogen (secondary N) is 2. The Morgan fingerprint density at radius 3 is 2.47 bits per heavy atom. The highest BCUT2D eigenvalue weighted by atomic mass is 19.1. The topological polar surface area (TPSA) is 83.4 Å². The highest BCUT2D eigenvalue weighted by Crippen LogP contribution is 2.24. The molecule has 1 aliphatic rings. The molecule has 2 N–H and O–H groups in total. The van der Waals surface area contributed by atoms with Crippen molar-refractivity contribution in [3.8, 4) is 5.69 Å². The van der Waals surface area contributed by atoms with E-state index in [1.54, 1.807) is 12.1 Å². The molecule has 1 fully saturated rings. The molecular weight excluding hydrogens is 435 g/mol. The Morgan fingerprint density at radius 1 is 1.09 bits per heavy atom. The maximum atomic E-state index is 13.8. The minimum Gasteiger partial charge on any atom is -0.322 e. The van der Waals surface area contributed by atoms with E-state index < -0.39 is 30.2 Å². The zero-order chi connectivity index (χ0) is 24.4. The van der Waals surface area contributed by atoms with Crippen molar-refractivity contribution in [1.82, 2.24) is 14.8 Å². The highest BCUT2D eigenvalue weighted by molar-refractivity contribution is 6.16. The average molecular weight is 461 g/mol. The Hall–Kier alpha value is -4.20. The molecule has 1 aliphatic heterocycles. The van der Waals surface area contributed by atoms with E-state index in [9.17, 15) is 18.8 Å². The number of aromatic nitrogens is 1. The van der Waals surface area contributed by atoms with Crippen LogP contribution in [0.4, 0.5) is 14.9 Å². The second-order valence-corrected chi connectivity index (χ2v) is 8.09. The van der Waals surface area contributed by atoms with Gasteiger partial charge in [0.1, 0.15) is 18.1 Å². The van der Waals surface area contributed by atoms with Crippen molar-refractivity contribution in [2.45, 2.75) is 27.2 Å². The molecule has 34 heavy (non-hydrogen) atoms. The summed E-state index contributed by atoms with van der Waals surface area (Å²) in [6, 6.07) is 15.2. The van der Waals surface area contributed by atoms with Crippen molar-refractivity contribution >= 4 is 29.6 Å². The average Bonchev–Trinajstić information content (AvgIpc) is 3.24. The summed E-state index contributed by atoms with van der Waals surface area (Å²) in [6.07, 6.45) is 2.56. The number of rotatable bonds is 6. The van der Waals surface area contributed by atoms with Crippen LogP contribution in [-0.4, -0.2) is 33.9 Å². The first kappa shape index (κ1) is 23.0. The van der Waals surface area contributed by atoms with Crippen molar-refractivity contribution in [2.75, 3.05) is 11.9 Å². The fourth-order valence-electron chi connectivity index (χ4n) is 3.98. The normalized spacial score (nSPS) is 14.6. The molecule has 2 aromatic carbocycles. The van der Waals surface area contributed by atoms with E-state index in [4.69, 9.17) is 0 Å². The van der Waals surface area contributed by atoms with Gasteiger partial charge in [0.05, 0.1) is 5.69 Å². The molecule has 0 unspecified atom stereocenters. The third-order valence-electron chi connectivity index (χ3n) is 5.78. The van der Waals surface area contributed by atoms with Crippen LogP contribution in [0.2, 0.25) is 0 Å². The van der Waals surface area contributed by atoms with Gasteiger partial charge in [-0.05, 0) is 67.8 Å². The van der Waals surface area contributed by atoms with E-state index >= 15 is 0 Å². The van der Waals surface area contributed by atoms with E-state index in [2.05, 4.69) is 34.3 Å². The molecule has 7 nitrogen and oxygen atoms in total. The molecule has 4 rings (SSSR count). The Morgan fingerprint density at radius 2 is 1.79 bits per heavy atom. The van der Waals surface area contributed by atoms with Gasteiger partial charge in [0.25, 0.3) is 5.91 Å². The summed E-state index contributed by atoms with van der Waals surface area (Å²) in [4.78, 5) is 38.3. The number of anilines is 1. The number of nitrogens with zero attached hydrogens (tertiary/aromatic N) is 2. The number of benzene rings is 2. The summed E-state index contributed by atoms with van der Waals surface area (Å²) in [5, 5.41) is 4.91. The van der Waals surface area contributed by atoms with Crippen LogP contribution in [0.25, 0.3) is 11.8 Å². The van der Waals surface area contributed by atoms with Gasteiger partial charge in [0, 0.05) is 17.1 Å². The van der Waals surface area contributed by atoms with Crippen LogP contribution in [0.5, 0.6) is 0 Å². The van der Waals surface area contributed by atoms with Crippen LogP contribution < -0.4 is 10.6 Å². The zero-order valence-electron chi connectivity index (χ0n) is 19.2. The lowest BCUT2D eigenvalue weighted by Gasteiger charge is -2.12. The molecule has 174 valence electrons. The summed E-state index contributed by atoms with van der Waals surface area (Å²) in [5.41, 5.74) is 4.97. The number of hydrogen-bond donors (Lipinski definition) is 2. The molecule has 4 amide bonds. The van der Waals surface area contributed by atoms with Crippen LogP contribution in [0.3, 0.4) is 0 Å². The minimum absolute atomic E-state index is 0.0188. The Labute approximate surface area is 196 Å². The smallest absolute Gasteiger partial charge is 0.322 e. The molecule has 1 aromatic heterocycles. The SMILES string of the molecule is CCc1ccc(-n2c(C)cc(/C=C3/NC(=O)N(CC(=O)Nc4ccccc4F)C3=O)c2C)cc1. The number of carbonyl (C=O) groups is 3. The summed E-state index contributed by atoms with van der Waals surface area (Å²) < 4.78 is 15.8. The molecule has 2 heterocycles. The third-order valence-corrected chi connectivity index (χ3v) is 5.78. The maximum absolute atomic E-state index is 13.8. The van der Waals surface area contributed by atoms with E-state index in [0.717, 1.165) is 34.0 Å². The van der Waals surface area contributed by atoms with E-state index in [1.807, 2.05) is 32.0 Å². The van der Waals surface area contributed by atoms with Gasteiger partial charge in [0.2, 0.25) is 5.91 Å². The van der Waals surface area contributed by atoms with Crippen molar-refractivity contribution in [1.29, 1.82) is 0 Å². The molecule has 0 radical (unpaired) electrons. The van der Waals surface area contributed by atoms with Crippen LogP contribution in [0, 0.1) is 19.7 Å². The molecule has 0 atom stereocenters. The fourth-order valence-corrected chi connectivity index (χ4v) is 3.98. The summed E-state index contributed by atoms with van der Waals surface area (Å²) >= 11 is 0. The van der Waals surface area contributed by atoms with Gasteiger partial charge in [-0.2, -0.15) is 0 Å². The minimum atomic E-state index is -0.705. The first-order valence-electron chi connectivity index (χ1n) is 11.0. The predicted molar refractivity (Wildman–Crippen MR) is 128 cm³/mol. The first-order chi connectivity index (χ1) is 16.3. The van der Waals surface area contributed by atoms with Crippen molar-refractivity contribution in [2.24, 2.45) is 0 Å². The second-order valence-electron chi connectivity index (χ2n) is 8.09. The number of halogens is 1. The van der Waals surface area contributed by atoms with Crippen LogP contribution in [0.1, 0.15) is 29.4 Å². The zero-order valence-corrected chi connectivity index (χ0v) is 19.2. The number of imide groups is 1. The Balaban J connectivity index is 1.53. The summed E-state index contributed by atoms with van der Waals surface area (Å²) in [7, 11) is 0. The number of aryl methyl sites for hydroxylation is 2. The monoisotopic (exact) mass is 460 g/mol. The van der Waals surface area contributed by atoms with Crippen molar-refractivity contribution in [3.63, 3.8) is 0 Å². The number of amides is 4. The number of hydrogen-bond acceptors (Lipinski definition) is 3. The van der Waals surface area contributed by atoms with Crippen LogP contribution in [-0.2, 0) is 16.0 Å². The van der Waals surface area contributed by atoms with Gasteiger partial charge >= 0.3 is 6.03 Å². The van der Waals surface area contributed by atoms with Gasteiger partial charge in [0.15, 0.2) is 0 Å². The standard InChI is InChI=1S/C26H25FN4O3/c1-4-18-9-11-20(12-10-18)31-16(2)13-19(17(31)3)14-23-25(33)30(26(34)29-23)15-24(32)28-22-8-6-5-7-21(22)27/h5-14H,4,15H2,1-3H3,(H,28,32)(H,29,34)/b23-14+. The first-order valence-corrected chi connectivity index (χ1v) is 11.0. The van der Waals surface area contributed by atoms with Crippen molar-refractivity contribution in [3.05, 3.63) is 88.6 Å². The lowest BCUT2D eigenvalue weighted by Crippen LogP contribution is -2.38. The fraction of sp³-hybridized carbons (Fsp3) is 0.192. The van der Waals surface area contributed by atoms with E-state index in [0.29, 0.717) is 0 Å². The lowest BCUT2D eigenvalue weighted by atomic mass is 10.1. The Bertz CT molecular complexity index is 1310. The molecule has 8 heteroatoms. The lowest BCUT2D eigenvalue weighted by molar-refractivity contribution is -0.127. The largest absolute Gasteiger partial charge is 0.329 e. The van der Waals surface area contributed by atoms with Gasteiger partial charge in [-0.15, -0.1) is 0 Å². The van der Waals surface area contributed by atoms with Crippen LogP contribution >= 0.6 is 0 Å². The molecule has 0 spiro atoms. The predicted octanol–water partition coefficient (Wildman–Crippen LogP) is 4.33. The molecule has 0 aliphatic carbocycles. The molecule has 0 bridgehead atoms. The Kier molecular flexibility index (Phi) is 6.32. The molecule has 1 saturated heterocycles. The van der Waals surface area contributed by atoms with Gasteiger partial charge in [-0.25, -0.2) is 14.1 Å². The number of para-hydroxylation sites is 1. The van der Waals surface area contributed by atoms with Crippen LogP contribution in [0.15, 0.2) is 60.3 Å². The van der Waals surface area contributed by atoms with Gasteiger partial charge in [-0.3, -0.25) is 9.59 Å².